The van der Waals surface area contributed by atoms with E-state index < -0.39 is 17.5 Å². The number of nitrogens with zero attached hydrogens (tertiary/aromatic N) is 1. The summed E-state index contributed by atoms with van der Waals surface area (Å²) in [7, 11) is 0. The molecule has 0 bridgehead atoms. The second kappa shape index (κ2) is 4.89. The van der Waals surface area contributed by atoms with Crippen molar-refractivity contribution in [2.24, 2.45) is 5.73 Å². The number of carbonyl (C=O) groups excluding carboxylic acids is 1. The van der Waals surface area contributed by atoms with E-state index in [1.807, 2.05) is 0 Å². The van der Waals surface area contributed by atoms with Gasteiger partial charge in [0.2, 0.25) is 0 Å². The van der Waals surface area contributed by atoms with E-state index in [1.54, 1.807) is 26.8 Å². The molecule has 104 valence electrons. The summed E-state index contributed by atoms with van der Waals surface area (Å²) in [5, 5.41) is 0.648. The molecule has 0 saturated heterocycles. The van der Waals surface area contributed by atoms with Crippen molar-refractivity contribution in [2.75, 3.05) is 0 Å². The molecule has 4 nitrogen and oxygen atoms in total. The third kappa shape index (κ3) is 2.75. The van der Waals surface area contributed by atoms with E-state index in [2.05, 4.69) is 12.0 Å². The summed E-state index contributed by atoms with van der Waals surface area (Å²) >= 11 is 0. The van der Waals surface area contributed by atoms with E-state index in [9.17, 15) is 9.18 Å². The number of aromatic nitrogens is 1. The van der Waals surface area contributed by atoms with Crippen molar-refractivity contribution >= 4 is 17.0 Å². The first-order valence-corrected chi connectivity index (χ1v) is 6.07. The van der Waals surface area contributed by atoms with Crippen molar-refractivity contribution in [3.63, 3.8) is 0 Å². The van der Waals surface area contributed by atoms with Crippen LogP contribution in [0.15, 0.2) is 24.4 Å². The number of benzene rings is 1. The summed E-state index contributed by atoms with van der Waals surface area (Å²) in [6, 6.07) is 6.42. The van der Waals surface area contributed by atoms with Crippen LogP contribution in [0, 0.1) is 17.8 Å². The fourth-order valence-electron chi connectivity index (χ4n) is 1.84. The van der Waals surface area contributed by atoms with Gasteiger partial charge in [-0.3, -0.25) is 4.57 Å². The van der Waals surface area contributed by atoms with Gasteiger partial charge in [-0.15, -0.1) is 0 Å². The third-order valence-corrected chi connectivity index (χ3v) is 2.56. The molecule has 0 aliphatic carbocycles. The first-order chi connectivity index (χ1) is 9.31. The Morgan fingerprint density at radius 1 is 1.40 bits per heavy atom. The molecule has 20 heavy (non-hydrogen) atoms. The lowest BCUT2D eigenvalue weighted by Gasteiger charge is -2.19. The molecular formula is C15H15FN2O2. The zero-order valence-electron chi connectivity index (χ0n) is 11.5. The van der Waals surface area contributed by atoms with Gasteiger partial charge in [-0.05, 0) is 44.9 Å². The van der Waals surface area contributed by atoms with Crippen LogP contribution in [0.1, 0.15) is 26.3 Å². The van der Waals surface area contributed by atoms with Crippen molar-refractivity contribution in [3.8, 4) is 12.0 Å². The number of hydrogen-bond acceptors (Lipinski definition) is 3. The Bertz CT molecular complexity index is 730. The molecule has 0 atom stereocenters. The van der Waals surface area contributed by atoms with Gasteiger partial charge in [0.25, 0.3) is 0 Å². The molecule has 0 spiro atoms. The van der Waals surface area contributed by atoms with Crippen LogP contribution < -0.4 is 5.73 Å². The first kappa shape index (κ1) is 13.9. The Hall–Kier alpha value is -2.48. The Balaban J connectivity index is 2.60. The van der Waals surface area contributed by atoms with Gasteiger partial charge in [-0.2, -0.15) is 0 Å². The van der Waals surface area contributed by atoms with Gasteiger partial charge in [0.1, 0.15) is 11.4 Å². The SMILES string of the molecule is CC(C)(C)OC(=O)n1cc(C#CN)c2ccc(F)cc21. The van der Waals surface area contributed by atoms with E-state index in [-0.39, 0.29) is 0 Å². The van der Waals surface area contributed by atoms with E-state index >= 15 is 0 Å². The number of halogens is 1. The quantitative estimate of drug-likeness (QED) is 0.593. The van der Waals surface area contributed by atoms with Gasteiger partial charge >= 0.3 is 6.09 Å². The topological polar surface area (TPSA) is 57.2 Å². The lowest BCUT2D eigenvalue weighted by atomic mass is 10.2. The van der Waals surface area contributed by atoms with Crippen LogP contribution >= 0.6 is 0 Å². The molecule has 0 radical (unpaired) electrons. The summed E-state index contributed by atoms with van der Waals surface area (Å²) in [5.74, 6) is 2.25. The highest BCUT2D eigenvalue weighted by molar-refractivity contribution is 5.93. The van der Waals surface area contributed by atoms with E-state index in [4.69, 9.17) is 10.5 Å². The standard InChI is InChI=1S/C15H15FN2O2/c1-15(2,3)20-14(19)18-9-10(6-7-17)12-5-4-11(16)8-13(12)18/h4-5,8-9H,17H2,1-3H3. The fraction of sp³-hybridized carbons (Fsp3) is 0.267. The van der Waals surface area contributed by atoms with Gasteiger partial charge in [-0.25, -0.2) is 9.18 Å². The second-order valence-corrected chi connectivity index (χ2v) is 5.32. The number of fused-ring (bicyclic) bond motifs is 1. The number of rotatable bonds is 0. The van der Waals surface area contributed by atoms with Crippen molar-refractivity contribution < 1.29 is 13.9 Å². The highest BCUT2D eigenvalue weighted by Gasteiger charge is 2.20. The number of carbonyl (C=O) groups is 1. The van der Waals surface area contributed by atoms with Crippen LogP contribution in [0.5, 0.6) is 0 Å². The van der Waals surface area contributed by atoms with Crippen molar-refractivity contribution in [1.82, 2.24) is 4.57 Å². The van der Waals surface area contributed by atoms with E-state index in [0.29, 0.717) is 16.5 Å². The van der Waals surface area contributed by atoms with Crippen LogP contribution in [0.2, 0.25) is 0 Å². The molecule has 0 saturated carbocycles. The van der Waals surface area contributed by atoms with Gasteiger partial charge in [0, 0.05) is 17.6 Å². The predicted molar refractivity (Wildman–Crippen MR) is 74.6 cm³/mol. The van der Waals surface area contributed by atoms with Crippen LogP contribution in [0.25, 0.3) is 10.9 Å². The molecule has 2 rings (SSSR count). The minimum Gasteiger partial charge on any atom is -0.443 e. The number of ether oxygens (including phenoxy) is 1. The van der Waals surface area contributed by atoms with Crippen molar-refractivity contribution in [1.29, 1.82) is 0 Å². The maximum atomic E-state index is 13.4. The molecule has 2 N–H and O–H groups in total. The highest BCUT2D eigenvalue weighted by Crippen LogP contribution is 2.23. The minimum absolute atomic E-state index is 0.400. The monoisotopic (exact) mass is 274 g/mol. The molecule has 0 fully saturated rings. The van der Waals surface area contributed by atoms with E-state index in [0.717, 1.165) is 0 Å². The summed E-state index contributed by atoms with van der Waals surface area (Å²) < 4.78 is 19.9. The Labute approximate surface area is 116 Å². The number of hydrogen-bond donors (Lipinski definition) is 1. The Kier molecular flexibility index (Phi) is 3.41. The summed E-state index contributed by atoms with van der Waals surface area (Å²) in [6.45, 7) is 5.29. The minimum atomic E-state index is -0.638. The normalized spacial score (nSPS) is 11.0. The molecule has 0 aliphatic rings. The largest absolute Gasteiger partial charge is 0.443 e. The maximum absolute atomic E-state index is 13.4. The van der Waals surface area contributed by atoms with Gasteiger partial charge < -0.3 is 10.5 Å². The molecule has 1 heterocycles. The molecule has 0 amide bonds. The molecule has 1 aromatic carbocycles. The van der Waals surface area contributed by atoms with Crippen molar-refractivity contribution in [3.05, 3.63) is 35.8 Å². The van der Waals surface area contributed by atoms with E-state index in [1.165, 1.54) is 22.9 Å². The fourth-order valence-corrected chi connectivity index (χ4v) is 1.84. The lowest BCUT2D eigenvalue weighted by molar-refractivity contribution is 0.0544. The summed E-state index contributed by atoms with van der Waals surface area (Å²) in [5.41, 5.74) is 5.52. The maximum Gasteiger partial charge on any atom is 0.419 e. The highest BCUT2D eigenvalue weighted by atomic mass is 19.1. The lowest BCUT2D eigenvalue weighted by Crippen LogP contribution is -2.26. The third-order valence-electron chi connectivity index (χ3n) is 2.56. The van der Waals surface area contributed by atoms with Crippen LogP contribution in [0.4, 0.5) is 9.18 Å². The molecule has 2 aromatic rings. The average Bonchev–Trinajstić information content (AvgIpc) is 2.66. The number of nitrogens with two attached hydrogens (primary N) is 1. The summed E-state index contributed by atoms with van der Waals surface area (Å²) in [4.78, 5) is 12.1. The molecule has 5 heteroatoms. The Morgan fingerprint density at radius 2 is 2.10 bits per heavy atom. The average molecular weight is 274 g/mol. The van der Waals surface area contributed by atoms with Crippen LogP contribution in [-0.2, 0) is 4.74 Å². The predicted octanol–water partition coefficient (Wildman–Crippen LogP) is 2.83. The molecule has 1 aromatic heterocycles. The zero-order chi connectivity index (χ0) is 14.9. The summed E-state index contributed by atoms with van der Waals surface area (Å²) in [6.07, 6.45) is 0.913. The van der Waals surface area contributed by atoms with Gasteiger partial charge in [0.15, 0.2) is 0 Å². The zero-order valence-corrected chi connectivity index (χ0v) is 11.5. The van der Waals surface area contributed by atoms with Gasteiger partial charge in [-0.1, -0.05) is 0 Å². The molecule has 0 unspecified atom stereocenters. The molecule has 0 aliphatic heterocycles. The van der Waals surface area contributed by atoms with Crippen LogP contribution in [-0.4, -0.2) is 16.3 Å². The van der Waals surface area contributed by atoms with Crippen LogP contribution in [0.3, 0.4) is 0 Å². The smallest absolute Gasteiger partial charge is 0.419 e. The first-order valence-electron chi connectivity index (χ1n) is 6.07. The molecular weight excluding hydrogens is 259 g/mol. The Morgan fingerprint density at radius 3 is 2.70 bits per heavy atom. The second-order valence-electron chi connectivity index (χ2n) is 5.32. The van der Waals surface area contributed by atoms with Crippen molar-refractivity contribution in [2.45, 2.75) is 26.4 Å². The van der Waals surface area contributed by atoms with Gasteiger partial charge in [0.05, 0.1) is 11.1 Å².